The Morgan fingerprint density at radius 2 is 1.27 bits per heavy atom. The molecular weight excluding hydrogens is 182 g/mol. The predicted molar refractivity (Wildman–Crippen MR) is 63.9 cm³/mol. The average molecular weight is 195 g/mol. The Morgan fingerprint density at radius 1 is 0.800 bits per heavy atom. The van der Waals surface area contributed by atoms with E-state index in [9.17, 15) is 0 Å². The molecule has 0 bridgehead atoms. The molecule has 0 saturated carbocycles. The zero-order chi connectivity index (χ0) is 10.3. The molecule has 1 aliphatic rings. The third kappa shape index (κ3) is 1.13. The quantitative estimate of drug-likeness (QED) is 0.611. The zero-order valence-corrected chi connectivity index (χ0v) is 8.77. The number of fused-ring (bicyclic) bond motifs is 3. The monoisotopic (exact) mass is 195 g/mol. The van der Waals surface area contributed by atoms with Gasteiger partial charge in [0.1, 0.15) is 6.54 Å². The summed E-state index contributed by atoms with van der Waals surface area (Å²) in [7, 11) is 0. The van der Waals surface area contributed by atoms with Gasteiger partial charge in [-0.2, -0.15) is 0 Å². The number of nitrogens with zero attached hydrogens (tertiary/aromatic N) is 1. The normalized spacial score (nSPS) is 13.7. The van der Waals surface area contributed by atoms with E-state index in [1.54, 1.807) is 0 Å². The number of hydrogen-bond acceptors (Lipinski definition) is 1. The van der Waals surface area contributed by atoms with Crippen molar-refractivity contribution >= 4 is 11.4 Å². The first-order valence-corrected chi connectivity index (χ1v) is 5.38. The number of anilines is 2. The Balaban J connectivity index is 2.31. The molecule has 2 aromatic carbocycles. The molecule has 2 aromatic rings. The lowest BCUT2D eigenvalue weighted by atomic mass is 10.1. The summed E-state index contributed by atoms with van der Waals surface area (Å²) in [6.45, 7) is 3.22. The van der Waals surface area contributed by atoms with Gasteiger partial charge in [-0.1, -0.05) is 29.2 Å². The largest absolute Gasteiger partial charge is 0.194 e. The van der Waals surface area contributed by atoms with Crippen molar-refractivity contribution < 1.29 is 0 Å². The van der Waals surface area contributed by atoms with Crippen molar-refractivity contribution in [3.8, 4) is 11.1 Å². The number of hydrogen-bond donors (Lipinski definition) is 0. The van der Waals surface area contributed by atoms with Crippen molar-refractivity contribution in [2.75, 3.05) is 6.54 Å². The molecule has 0 aromatic heterocycles. The highest BCUT2D eigenvalue weighted by Gasteiger charge is 2.34. The standard InChI is InChI=1S/C14H13N/c1-2-15-13-9-5-3-7-11(13)12-8-4-6-10-14(12)15/h3-10H,2H2,1H3/q+1. The van der Waals surface area contributed by atoms with E-state index in [4.69, 9.17) is 0 Å². The van der Waals surface area contributed by atoms with Gasteiger partial charge in [-0.25, -0.2) is 0 Å². The minimum Gasteiger partial charge on any atom is -0.0963 e. The van der Waals surface area contributed by atoms with Crippen LogP contribution in [0.1, 0.15) is 6.92 Å². The van der Waals surface area contributed by atoms with E-state index in [1.165, 1.54) is 22.5 Å². The van der Waals surface area contributed by atoms with Crippen LogP contribution in [0.15, 0.2) is 48.5 Å². The van der Waals surface area contributed by atoms with Crippen LogP contribution < -0.4 is 4.90 Å². The van der Waals surface area contributed by atoms with Crippen molar-refractivity contribution in [2.24, 2.45) is 0 Å². The molecule has 0 amide bonds. The van der Waals surface area contributed by atoms with Crippen LogP contribution in [-0.4, -0.2) is 6.54 Å². The number of rotatable bonds is 1. The molecule has 1 heteroatoms. The summed E-state index contributed by atoms with van der Waals surface area (Å²) in [6, 6.07) is 17.2. The molecule has 1 nitrogen and oxygen atoms in total. The average Bonchev–Trinajstić information content (AvgIpc) is 2.63. The second-order valence-electron chi connectivity index (χ2n) is 3.78. The predicted octanol–water partition coefficient (Wildman–Crippen LogP) is 3.79. The molecule has 3 rings (SSSR count). The molecule has 0 aliphatic carbocycles. The Morgan fingerprint density at radius 3 is 1.73 bits per heavy atom. The van der Waals surface area contributed by atoms with Crippen molar-refractivity contribution in [3.05, 3.63) is 48.5 Å². The molecule has 0 unspecified atom stereocenters. The molecule has 1 aliphatic heterocycles. The molecule has 15 heavy (non-hydrogen) atoms. The zero-order valence-electron chi connectivity index (χ0n) is 8.77. The van der Waals surface area contributed by atoms with Crippen molar-refractivity contribution in [1.82, 2.24) is 4.90 Å². The first-order chi connectivity index (χ1) is 7.42. The summed E-state index contributed by atoms with van der Waals surface area (Å²) in [5.41, 5.74) is 5.38. The second-order valence-corrected chi connectivity index (χ2v) is 3.78. The van der Waals surface area contributed by atoms with Gasteiger partial charge in [0.15, 0.2) is 11.4 Å². The van der Waals surface area contributed by atoms with Crippen LogP contribution in [0.25, 0.3) is 11.1 Å². The van der Waals surface area contributed by atoms with E-state index < -0.39 is 0 Å². The molecule has 0 fully saturated rings. The SMILES string of the molecule is CC[N+]1c2ccccc2-c2ccccc21. The van der Waals surface area contributed by atoms with E-state index in [0.29, 0.717) is 0 Å². The fourth-order valence-corrected chi connectivity index (χ4v) is 2.34. The van der Waals surface area contributed by atoms with E-state index in [1.807, 2.05) is 0 Å². The van der Waals surface area contributed by atoms with E-state index in [2.05, 4.69) is 60.4 Å². The summed E-state index contributed by atoms with van der Waals surface area (Å²) in [5.74, 6) is 0. The minimum absolute atomic E-state index is 1.02. The van der Waals surface area contributed by atoms with Gasteiger partial charge in [0.05, 0.1) is 11.1 Å². The van der Waals surface area contributed by atoms with Crippen molar-refractivity contribution in [3.63, 3.8) is 0 Å². The topological polar surface area (TPSA) is 5.90 Å². The van der Waals surface area contributed by atoms with Gasteiger partial charge in [-0.3, -0.25) is 0 Å². The summed E-state index contributed by atoms with van der Waals surface area (Å²) in [5, 5.41) is 0. The van der Waals surface area contributed by atoms with Crippen LogP contribution in [-0.2, 0) is 0 Å². The first kappa shape index (κ1) is 8.69. The summed E-state index contributed by atoms with van der Waals surface area (Å²) in [6.07, 6.45) is 0. The van der Waals surface area contributed by atoms with Crippen LogP contribution in [0.5, 0.6) is 0 Å². The third-order valence-electron chi connectivity index (χ3n) is 3.00. The van der Waals surface area contributed by atoms with Gasteiger partial charge >= 0.3 is 0 Å². The summed E-state index contributed by atoms with van der Waals surface area (Å²) >= 11 is 0. The highest BCUT2D eigenvalue weighted by atomic mass is 15.1. The molecule has 0 atom stereocenters. The lowest BCUT2D eigenvalue weighted by Gasteiger charge is -2.02. The Labute approximate surface area is 90.0 Å². The molecule has 0 spiro atoms. The Hall–Kier alpha value is -1.60. The van der Waals surface area contributed by atoms with Gasteiger partial charge < -0.3 is 0 Å². The number of benzene rings is 2. The van der Waals surface area contributed by atoms with E-state index in [0.717, 1.165) is 6.54 Å². The van der Waals surface area contributed by atoms with Gasteiger partial charge in [-0.15, -0.1) is 0 Å². The molecule has 0 N–H and O–H groups in total. The summed E-state index contributed by atoms with van der Waals surface area (Å²) in [4.78, 5) is 2.37. The molecular formula is C14H13N+. The maximum Gasteiger partial charge on any atom is 0.194 e. The Kier molecular flexibility index (Phi) is 1.86. The Bertz CT molecular complexity index is 457. The lowest BCUT2D eigenvalue weighted by molar-refractivity contribution is 0.743. The summed E-state index contributed by atoms with van der Waals surface area (Å²) < 4.78 is 0. The van der Waals surface area contributed by atoms with Crippen molar-refractivity contribution in [1.29, 1.82) is 0 Å². The van der Waals surface area contributed by atoms with Crippen LogP contribution >= 0.6 is 0 Å². The molecule has 0 saturated heterocycles. The third-order valence-corrected chi connectivity index (χ3v) is 3.00. The maximum absolute atomic E-state index is 2.37. The maximum atomic E-state index is 2.37. The lowest BCUT2D eigenvalue weighted by Crippen LogP contribution is -2.13. The number of para-hydroxylation sites is 2. The first-order valence-electron chi connectivity index (χ1n) is 5.38. The molecule has 1 radical (unpaired) electrons. The smallest absolute Gasteiger partial charge is 0.0963 e. The molecule has 1 heterocycles. The van der Waals surface area contributed by atoms with Gasteiger partial charge in [0.2, 0.25) is 0 Å². The fourth-order valence-electron chi connectivity index (χ4n) is 2.34. The second kappa shape index (κ2) is 3.21. The highest BCUT2D eigenvalue weighted by molar-refractivity contribution is 5.92. The van der Waals surface area contributed by atoms with Crippen LogP contribution in [0, 0.1) is 0 Å². The highest BCUT2D eigenvalue weighted by Crippen LogP contribution is 2.46. The van der Waals surface area contributed by atoms with E-state index >= 15 is 0 Å². The van der Waals surface area contributed by atoms with Gasteiger partial charge in [-0.05, 0) is 19.1 Å². The van der Waals surface area contributed by atoms with E-state index in [-0.39, 0.29) is 0 Å². The van der Waals surface area contributed by atoms with Crippen LogP contribution in [0.4, 0.5) is 11.4 Å². The van der Waals surface area contributed by atoms with Crippen LogP contribution in [0.2, 0.25) is 0 Å². The van der Waals surface area contributed by atoms with Crippen molar-refractivity contribution in [2.45, 2.75) is 6.92 Å². The van der Waals surface area contributed by atoms with Gasteiger partial charge in [0.25, 0.3) is 0 Å². The minimum atomic E-state index is 1.02. The fraction of sp³-hybridized carbons (Fsp3) is 0.143. The molecule has 73 valence electrons. The van der Waals surface area contributed by atoms with Crippen LogP contribution in [0.3, 0.4) is 0 Å². The van der Waals surface area contributed by atoms with Gasteiger partial charge in [0, 0.05) is 12.1 Å².